The Morgan fingerprint density at radius 2 is 1.80 bits per heavy atom. The van der Waals surface area contributed by atoms with Gasteiger partial charge in [-0.05, 0) is 35.4 Å². The molecule has 1 amide bonds. The molecule has 0 atom stereocenters. The summed E-state index contributed by atoms with van der Waals surface area (Å²) in [6, 6.07) is 11.1. The van der Waals surface area contributed by atoms with Crippen molar-refractivity contribution in [2.24, 2.45) is 5.73 Å². The fraction of sp³-hybridized carbons (Fsp3) is 0.200. The third-order valence-electron chi connectivity index (χ3n) is 2.77. The zero-order chi connectivity index (χ0) is 14.2. The minimum Gasteiger partial charge on any atom is -0.484 e. The SMILES string of the molecule is NCc1ccc(OCC(=O)NCc2ccncc2)cc1. The highest BCUT2D eigenvalue weighted by molar-refractivity contribution is 5.77. The van der Waals surface area contributed by atoms with E-state index in [0.29, 0.717) is 18.8 Å². The molecule has 0 radical (unpaired) electrons. The van der Waals surface area contributed by atoms with Crippen LogP contribution in [0.2, 0.25) is 0 Å². The summed E-state index contributed by atoms with van der Waals surface area (Å²) in [5.41, 5.74) is 7.54. The van der Waals surface area contributed by atoms with Crippen LogP contribution in [0.4, 0.5) is 0 Å². The summed E-state index contributed by atoms with van der Waals surface area (Å²) in [7, 11) is 0. The number of aromatic nitrogens is 1. The number of hydrogen-bond acceptors (Lipinski definition) is 4. The fourth-order valence-electron chi connectivity index (χ4n) is 1.62. The lowest BCUT2D eigenvalue weighted by molar-refractivity contribution is -0.123. The number of hydrogen-bond donors (Lipinski definition) is 2. The van der Waals surface area contributed by atoms with Crippen molar-refractivity contribution < 1.29 is 9.53 Å². The molecular weight excluding hydrogens is 254 g/mol. The van der Waals surface area contributed by atoms with Crippen LogP contribution in [0.25, 0.3) is 0 Å². The number of carbonyl (C=O) groups is 1. The normalized spacial score (nSPS) is 10.1. The first-order chi connectivity index (χ1) is 9.78. The van der Waals surface area contributed by atoms with Gasteiger partial charge in [-0.1, -0.05) is 12.1 Å². The number of ether oxygens (including phenoxy) is 1. The first-order valence-corrected chi connectivity index (χ1v) is 6.35. The molecule has 5 heteroatoms. The number of nitrogens with zero attached hydrogens (tertiary/aromatic N) is 1. The van der Waals surface area contributed by atoms with Crippen LogP contribution in [0, 0.1) is 0 Å². The van der Waals surface area contributed by atoms with Gasteiger partial charge in [0.05, 0.1) is 0 Å². The number of pyridine rings is 1. The number of nitrogens with one attached hydrogen (secondary N) is 1. The van der Waals surface area contributed by atoms with E-state index >= 15 is 0 Å². The van der Waals surface area contributed by atoms with Crippen LogP contribution < -0.4 is 15.8 Å². The second-order valence-electron chi connectivity index (χ2n) is 4.27. The Morgan fingerprint density at radius 1 is 1.10 bits per heavy atom. The van der Waals surface area contributed by atoms with Crippen LogP contribution in [0.3, 0.4) is 0 Å². The molecule has 1 aromatic heterocycles. The predicted molar refractivity (Wildman–Crippen MR) is 75.9 cm³/mol. The summed E-state index contributed by atoms with van der Waals surface area (Å²) < 4.78 is 5.39. The Kier molecular flexibility index (Phi) is 5.08. The summed E-state index contributed by atoms with van der Waals surface area (Å²) >= 11 is 0. The highest BCUT2D eigenvalue weighted by atomic mass is 16.5. The molecule has 1 heterocycles. The van der Waals surface area contributed by atoms with Crippen LogP contribution >= 0.6 is 0 Å². The summed E-state index contributed by atoms with van der Waals surface area (Å²) in [4.78, 5) is 15.6. The Bertz CT molecular complexity index is 541. The topological polar surface area (TPSA) is 77.2 Å². The zero-order valence-corrected chi connectivity index (χ0v) is 11.1. The van der Waals surface area contributed by atoms with Crippen molar-refractivity contribution in [3.63, 3.8) is 0 Å². The molecule has 0 aliphatic carbocycles. The van der Waals surface area contributed by atoms with E-state index in [1.165, 1.54) is 0 Å². The summed E-state index contributed by atoms with van der Waals surface area (Å²) in [5, 5.41) is 2.78. The third-order valence-corrected chi connectivity index (χ3v) is 2.77. The third kappa shape index (κ3) is 4.37. The fourth-order valence-corrected chi connectivity index (χ4v) is 1.62. The van der Waals surface area contributed by atoms with Crippen LogP contribution in [0.1, 0.15) is 11.1 Å². The van der Waals surface area contributed by atoms with Gasteiger partial charge >= 0.3 is 0 Å². The first kappa shape index (κ1) is 14.0. The molecule has 0 fully saturated rings. The highest BCUT2D eigenvalue weighted by Crippen LogP contribution is 2.11. The average Bonchev–Trinajstić information content (AvgIpc) is 2.52. The maximum Gasteiger partial charge on any atom is 0.258 e. The number of carbonyl (C=O) groups excluding carboxylic acids is 1. The average molecular weight is 271 g/mol. The Labute approximate surface area is 117 Å². The molecule has 0 aliphatic rings. The molecular formula is C15H17N3O2. The van der Waals surface area contributed by atoms with Gasteiger partial charge in [0.25, 0.3) is 5.91 Å². The first-order valence-electron chi connectivity index (χ1n) is 6.35. The predicted octanol–water partition coefficient (Wildman–Crippen LogP) is 1.24. The number of amides is 1. The van der Waals surface area contributed by atoms with Crippen LogP contribution in [0.15, 0.2) is 48.8 Å². The van der Waals surface area contributed by atoms with Gasteiger partial charge in [-0.2, -0.15) is 0 Å². The monoisotopic (exact) mass is 271 g/mol. The molecule has 0 saturated carbocycles. The van der Waals surface area contributed by atoms with Crippen molar-refractivity contribution >= 4 is 5.91 Å². The molecule has 2 rings (SSSR count). The summed E-state index contributed by atoms with van der Waals surface area (Å²) in [6.45, 7) is 0.955. The van der Waals surface area contributed by atoms with Crippen LogP contribution in [-0.4, -0.2) is 17.5 Å². The van der Waals surface area contributed by atoms with Crippen molar-refractivity contribution in [1.29, 1.82) is 0 Å². The van der Waals surface area contributed by atoms with Gasteiger partial charge in [0.15, 0.2) is 6.61 Å². The van der Waals surface area contributed by atoms with E-state index in [4.69, 9.17) is 10.5 Å². The lowest BCUT2D eigenvalue weighted by Crippen LogP contribution is -2.28. The van der Waals surface area contributed by atoms with Gasteiger partial charge in [-0.15, -0.1) is 0 Å². The van der Waals surface area contributed by atoms with Crippen molar-refractivity contribution in [1.82, 2.24) is 10.3 Å². The zero-order valence-electron chi connectivity index (χ0n) is 11.1. The standard InChI is InChI=1S/C15H17N3O2/c16-9-12-1-3-14(4-2-12)20-11-15(19)18-10-13-5-7-17-8-6-13/h1-8H,9-11,16H2,(H,18,19). The van der Waals surface area contributed by atoms with Crippen molar-refractivity contribution in [3.05, 3.63) is 59.9 Å². The number of rotatable bonds is 6. The van der Waals surface area contributed by atoms with E-state index in [-0.39, 0.29) is 12.5 Å². The maximum absolute atomic E-state index is 11.6. The molecule has 2 aromatic rings. The lowest BCUT2D eigenvalue weighted by atomic mass is 10.2. The number of nitrogens with two attached hydrogens (primary N) is 1. The van der Waals surface area contributed by atoms with Crippen LogP contribution in [0.5, 0.6) is 5.75 Å². The maximum atomic E-state index is 11.6. The molecule has 104 valence electrons. The molecule has 3 N–H and O–H groups in total. The molecule has 0 unspecified atom stereocenters. The second-order valence-corrected chi connectivity index (χ2v) is 4.27. The molecule has 0 bridgehead atoms. The number of benzene rings is 1. The van der Waals surface area contributed by atoms with Gasteiger partial charge in [-0.25, -0.2) is 0 Å². The van der Waals surface area contributed by atoms with Crippen molar-refractivity contribution in [2.45, 2.75) is 13.1 Å². The minimum absolute atomic E-state index is 0.00689. The van der Waals surface area contributed by atoms with Gasteiger partial charge in [-0.3, -0.25) is 9.78 Å². The van der Waals surface area contributed by atoms with Crippen molar-refractivity contribution in [2.75, 3.05) is 6.61 Å². The van der Waals surface area contributed by atoms with Gasteiger partial charge in [0.2, 0.25) is 0 Å². The second kappa shape index (κ2) is 7.25. The largest absolute Gasteiger partial charge is 0.484 e. The summed E-state index contributed by atoms with van der Waals surface area (Å²) in [5.74, 6) is 0.492. The quantitative estimate of drug-likeness (QED) is 0.828. The van der Waals surface area contributed by atoms with E-state index in [1.807, 2.05) is 24.3 Å². The highest BCUT2D eigenvalue weighted by Gasteiger charge is 2.02. The van der Waals surface area contributed by atoms with E-state index in [1.54, 1.807) is 24.5 Å². The van der Waals surface area contributed by atoms with E-state index in [0.717, 1.165) is 11.1 Å². The Hall–Kier alpha value is -2.40. The molecule has 20 heavy (non-hydrogen) atoms. The molecule has 0 spiro atoms. The van der Waals surface area contributed by atoms with E-state index in [2.05, 4.69) is 10.3 Å². The van der Waals surface area contributed by atoms with Gasteiger partial charge in [0.1, 0.15) is 5.75 Å². The van der Waals surface area contributed by atoms with Crippen LogP contribution in [-0.2, 0) is 17.9 Å². The molecule has 1 aromatic carbocycles. The molecule has 0 aliphatic heterocycles. The molecule has 5 nitrogen and oxygen atoms in total. The minimum atomic E-state index is -0.162. The Balaban J connectivity index is 1.74. The van der Waals surface area contributed by atoms with Crippen molar-refractivity contribution in [3.8, 4) is 5.75 Å². The summed E-state index contributed by atoms with van der Waals surface area (Å²) in [6.07, 6.45) is 3.38. The lowest BCUT2D eigenvalue weighted by Gasteiger charge is -2.08. The van der Waals surface area contributed by atoms with Gasteiger partial charge in [0, 0.05) is 25.5 Å². The van der Waals surface area contributed by atoms with Gasteiger partial charge < -0.3 is 15.8 Å². The van der Waals surface area contributed by atoms with E-state index < -0.39 is 0 Å². The van der Waals surface area contributed by atoms with E-state index in [9.17, 15) is 4.79 Å². The Morgan fingerprint density at radius 3 is 2.45 bits per heavy atom. The molecule has 0 saturated heterocycles. The smallest absolute Gasteiger partial charge is 0.258 e.